The van der Waals surface area contributed by atoms with E-state index in [1.165, 1.54) is 5.06 Å². The van der Waals surface area contributed by atoms with E-state index in [1.54, 1.807) is 6.33 Å². The van der Waals surface area contributed by atoms with Gasteiger partial charge in [-0.25, -0.2) is 0 Å². The Bertz CT molecular complexity index is 1020. The number of aromatic nitrogens is 3. The monoisotopic (exact) mass is 401 g/mol. The van der Waals surface area contributed by atoms with Crippen LogP contribution in [0.3, 0.4) is 0 Å². The van der Waals surface area contributed by atoms with E-state index in [0.29, 0.717) is 28.1 Å². The summed E-state index contributed by atoms with van der Waals surface area (Å²) in [5.74, 6) is 0.646. The van der Waals surface area contributed by atoms with Gasteiger partial charge in [-0.2, -0.15) is 5.06 Å². The van der Waals surface area contributed by atoms with E-state index < -0.39 is 6.04 Å². The van der Waals surface area contributed by atoms with E-state index in [9.17, 15) is 5.21 Å². The van der Waals surface area contributed by atoms with Gasteiger partial charge < -0.3 is 5.21 Å². The van der Waals surface area contributed by atoms with Gasteiger partial charge in [0.25, 0.3) is 0 Å². The number of aliphatic imine (C=N–C) groups is 1. The predicted molar refractivity (Wildman–Crippen MR) is 105 cm³/mol. The zero-order chi connectivity index (χ0) is 19.0. The van der Waals surface area contributed by atoms with Gasteiger partial charge in [0, 0.05) is 27.7 Å². The Balaban J connectivity index is 1.98. The zero-order valence-corrected chi connectivity index (χ0v) is 16.1. The lowest BCUT2D eigenvalue weighted by Crippen LogP contribution is -2.25. The van der Waals surface area contributed by atoms with Crippen molar-refractivity contribution in [2.24, 2.45) is 4.99 Å². The SMILES string of the molecule is CCN(O)CC1N=C(c2ccccc2Cl)c2cc(Cl)ccc2-n2cnnc21. The van der Waals surface area contributed by atoms with Crippen LogP contribution in [0.25, 0.3) is 5.69 Å². The van der Waals surface area contributed by atoms with Crippen LogP contribution in [0.15, 0.2) is 53.8 Å². The molecule has 0 saturated heterocycles. The second kappa shape index (κ2) is 7.40. The van der Waals surface area contributed by atoms with Crippen molar-refractivity contribution in [3.05, 3.63) is 75.8 Å². The standard InChI is InChI=1S/C19H17Cl2N5O/c1-2-25(27)10-16-19-24-22-11-26(19)17-8-7-12(20)9-14(17)18(23-16)13-5-3-4-6-15(13)21/h3-9,11,16,27H,2,10H2,1H3. The fourth-order valence-corrected chi connectivity index (χ4v) is 3.56. The van der Waals surface area contributed by atoms with Gasteiger partial charge >= 0.3 is 0 Å². The molecule has 0 fully saturated rings. The summed E-state index contributed by atoms with van der Waals surface area (Å²) < 4.78 is 1.88. The van der Waals surface area contributed by atoms with Crippen molar-refractivity contribution in [3.8, 4) is 5.69 Å². The molecule has 0 radical (unpaired) electrons. The number of rotatable bonds is 4. The molecule has 2 heterocycles. The molecule has 0 saturated carbocycles. The fraction of sp³-hybridized carbons (Fsp3) is 0.211. The fourth-order valence-electron chi connectivity index (χ4n) is 3.17. The first-order valence-corrected chi connectivity index (χ1v) is 9.30. The van der Waals surface area contributed by atoms with Crippen molar-refractivity contribution in [3.63, 3.8) is 0 Å². The van der Waals surface area contributed by atoms with E-state index in [0.717, 1.165) is 16.8 Å². The number of hydroxylamine groups is 2. The molecule has 8 heteroatoms. The van der Waals surface area contributed by atoms with Crippen LogP contribution in [-0.4, -0.2) is 43.8 Å². The second-order valence-corrected chi connectivity index (χ2v) is 7.04. The lowest BCUT2D eigenvalue weighted by Gasteiger charge is -2.17. The molecule has 0 spiro atoms. The summed E-state index contributed by atoms with van der Waals surface area (Å²) >= 11 is 12.8. The maximum atomic E-state index is 10.1. The topological polar surface area (TPSA) is 66.5 Å². The summed E-state index contributed by atoms with van der Waals surface area (Å²) in [5, 5.41) is 20.8. The minimum atomic E-state index is -0.421. The molecule has 0 bridgehead atoms. The molecule has 1 atom stereocenters. The van der Waals surface area contributed by atoms with Crippen molar-refractivity contribution in [2.45, 2.75) is 13.0 Å². The van der Waals surface area contributed by atoms with Crippen molar-refractivity contribution in [1.29, 1.82) is 0 Å². The highest BCUT2D eigenvalue weighted by molar-refractivity contribution is 6.36. The minimum Gasteiger partial charge on any atom is -0.314 e. The lowest BCUT2D eigenvalue weighted by molar-refractivity contribution is -0.0904. The van der Waals surface area contributed by atoms with Crippen molar-refractivity contribution < 1.29 is 5.21 Å². The van der Waals surface area contributed by atoms with E-state index >= 15 is 0 Å². The summed E-state index contributed by atoms with van der Waals surface area (Å²) in [6.45, 7) is 2.62. The highest BCUT2D eigenvalue weighted by Gasteiger charge is 2.28. The van der Waals surface area contributed by atoms with Gasteiger partial charge in [-0.3, -0.25) is 9.56 Å². The number of hydrogen-bond acceptors (Lipinski definition) is 5. The Morgan fingerprint density at radius 1 is 1.15 bits per heavy atom. The summed E-state index contributed by atoms with van der Waals surface area (Å²) in [6.07, 6.45) is 1.65. The van der Waals surface area contributed by atoms with Crippen LogP contribution in [-0.2, 0) is 0 Å². The van der Waals surface area contributed by atoms with Crippen molar-refractivity contribution >= 4 is 28.9 Å². The van der Waals surface area contributed by atoms with Crippen LogP contribution in [0, 0.1) is 0 Å². The lowest BCUT2D eigenvalue weighted by atomic mass is 10.0. The third kappa shape index (κ3) is 3.37. The summed E-state index contributed by atoms with van der Waals surface area (Å²) in [7, 11) is 0. The average molecular weight is 402 g/mol. The smallest absolute Gasteiger partial charge is 0.163 e. The Morgan fingerprint density at radius 2 is 1.96 bits per heavy atom. The Labute approximate surface area is 166 Å². The molecular weight excluding hydrogens is 385 g/mol. The van der Waals surface area contributed by atoms with E-state index in [4.69, 9.17) is 28.2 Å². The molecule has 1 unspecified atom stereocenters. The molecule has 6 nitrogen and oxygen atoms in total. The van der Waals surface area contributed by atoms with Crippen LogP contribution in [0.5, 0.6) is 0 Å². The third-order valence-corrected chi connectivity index (χ3v) is 5.07. The molecule has 1 aromatic heterocycles. The van der Waals surface area contributed by atoms with Gasteiger partial charge in [0.1, 0.15) is 12.4 Å². The molecule has 27 heavy (non-hydrogen) atoms. The molecule has 1 aliphatic heterocycles. The van der Waals surface area contributed by atoms with Gasteiger partial charge in [-0.1, -0.05) is 48.3 Å². The highest BCUT2D eigenvalue weighted by Crippen LogP contribution is 2.33. The molecule has 1 aliphatic rings. The maximum absolute atomic E-state index is 10.1. The molecule has 0 amide bonds. The number of nitrogens with zero attached hydrogens (tertiary/aromatic N) is 5. The van der Waals surface area contributed by atoms with Crippen LogP contribution >= 0.6 is 23.2 Å². The molecule has 3 aromatic rings. The Hall–Kier alpha value is -2.25. The summed E-state index contributed by atoms with van der Waals surface area (Å²) in [4.78, 5) is 4.94. The van der Waals surface area contributed by atoms with Gasteiger partial charge in [0.15, 0.2) is 5.82 Å². The first-order chi connectivity index (χ1) is 13.1. The average Bonchev–Trinajstić information content (AvgIpc) is 3.11. The number of hydrogen-bond donors (Lipinski definition) is 1. The number of halogens is 2. The largest absolute Gasteiger partial charge is 0.314 e. The summed E-state index contributed by atoms with van der Waals surface area (Å²) in [6, 6.07) is 12.7. The molecule has 1 N–H and O–H groups in total. The third-order valence-electron chi connectivity index (χ3n) is 4.51. The van der Waals surface area contributed by atoms with Crippen molar-refractivity contribution in [1.82, 2.24) is 19.8 Å². The second-order valence-electron chi connectivity index (χ2n) is 6.20. The molecule has 0 aliphatic carbocycles. The van der Waals surface area contributed by atoms with Crippen molar-refractivity contribution in [2.75, 3.05) is 13.1 Å². The number of likely N-dealkylation sites (N-methyl/N-ethyl adjacent to an activating group) is 1. The van der Waals surface area contributed by atoms with Crippen LogP contribution in [0.1, 0.15) is 29.9 Å². The van der Waals surface area contributed by atoms with Crippen LogP contribution in [0.4, 0.5) is 0 Å². The molecule has 138 valence electrons. The highest BCUT2D eigenvalue weighted by atomic mass is 35.5. The van der Waals surface area contributed by atoms with Gasteiger partial charge in [0.05, 0.1) is 17.9 Å². The summed E-state index contributed by atoms with van der Waals surface area (Å²) in [5.41, 5.74) is 3.20. The van der Waals surface area contributed by atoms with E-state index in [2.05, 4.69) is 10.2 Å². The Kier molecular flexibility index (Phi) is 4.97. The zero-order valence-electron chi connectivity index (χ0n) is 14.5. The van der Waals surface area contributed by atoms with Gasteiger partial charge in [-0.15, -0.1) is 10.2 Å². The van der Waals surface area contributed by atoms with Crippen LogP contribution < -0.4 is 0 Å². The minimum absolute atomic E-state index is 0.283. The molecule has 2 aromatic carbocycles. The Morgan fingerprint density at radius 3 is 2.74 bits per heavy atom. The van der Waals surface area contributed by atoms with Crippen LogP contribution in [0.2, 0.25) is 10.0 Å². The normalized spacial score (nSPS) is 15.9. The number of fused-ring (bicyclic) bond motifs is 3. The maximum Gasteiger partial charge on any atom is 0.163 e. The van der Waals surface area contributed by atoms with E-state index in [1.807, 2.05) is 54.0 Å². The van der Waals surface area contributed by atoms with Gasteiger partial charge in [0.2, 0.25) is 0 Å². The van der Waals surface area contributed by atoms with E-state index in [-0.39, 0.29) is 6.54 Å². The molecular formula is C19H17Cl2N5O. The predicted octanol–water partition coefficient (Wildman–Crippen LogP) is 4.18. The quantitative estimate of drug-likeness (QED) is 0.665. The first-order valence-electron chi connectivity index (χ1n) is 8.55. The number of benzene rings is 2. The first kappa shape index (κ1) is 18.1. The van der Waals surface area contributed by atoms with Gasteiger partial charge in [-0.05, 0) is 24.3 Å². The molecule has 4 rings (SSSR count).